The average molecular weight is 386 g/mol. The van der Waals surface area contributed by atoms with Gasteiger partial charge in [0, 0.05) is 17.9 Å². The smallest absolute Gasteiger partial charge is 0.352 e. The summed E-state index contributed by atoms with van der Waals surface area (Å²) in [7, 11) is 0. The number of benzene rings is 1. The van der Waals surface area contributed by atoms with Gasteiger partial charge in [0.1, 0.15) is 6.04 Å². The van der Waals surface area contributed by atoms with Crippen LogP contribution in [0.5, 0.6) is 0 Å². The Morgan fingerprint density at radius 1 is 1.35 bits per heavy atom. The van der Waals surface area contributed by atoms with Gasteiger partial charge in [-0.25, -0.2) is 0 Å². The van der Waals surface area contributed by atoms with E-state index < -0.39 is 17.8 Å². The van der Waals surface area contributed by atoms with Crippen molar-refractivity contribution in [2.75, 3.05) is 11.6 Å². The lowest BCUT2D eigenvalue weighted by atomic mass is 10.1. The Labute approximate surface area is 154 Å². The molecule has 1 aromatic carbocycles. The molecule has 2 unspecified atom stereocenters. The van der Waals surface area contributed by atoms with E-state index in [1.807, 2.05) is 13.8 Å². The quantitative estimate of drug-likeness (QED) is 0.788. The van der Waals surface area contributed by atoms with Crippen LogP contribution in [0.25, 0.3) is 6.08 Å². The number of carbonyl (C=O) groups excluding carboxylic acids is 2. The van der Waals surface area contributed by atoms with Crippen LogP contribution in [0, 0.1) is 0 Å². The highest BCUT2D eigenvalue weighted by molar-refractivity contribution is 7.99. The Balaban J connectivity index is 2.01. The van der Waals surface area contributed by atoms with Crippen LogP contribution in [0.4, 0.5) is 13.2 Å². The lowest BCUT2D eigenvalue weighted by Crippen LogP contribution is -2.48. The Morgan fingerprint density at radius 3 is 2.58 bits per heavy atom. The molecule has 0 aliphatic carbocycles. The van der Waals surface area contributed by atoms with E-state index in [1.165, 1.54) is 40.9 Å². The van der Waals surface area contributed by atoms with E-state index in [0.29, 0.717) is 17.2 Å². The van der Waals surface area contributed by atoms with E-state index >= 15 is 0 Å². The number of carbonyl (C=O) groups is 2. The molecule has 4 nitrogen and oxygen atoms in total. The standard InChI is InChI=1S/C18H21F3N2O2S/c1-3-12(2)22-17(25)15-10-26-11-23(15)16(24)9-6-13-4-7-14(8-5-13)18(19,20)21/h4-9,12,15H,3,10-11H2,1-2H3,(H,22,25). The molecule has 2 rings (SSSR count). The number of hydrogen-bond acceptors (Lipinski definition) is 3. The number of amides is 2. The predicted octanol–water partition coefficient (Wildman–Crippen LogP) is 3.53. The van der Waals surface area contributed by atoms with Gasteiger partial charge in [0.2, 0.25) is 11.8 Å². The van der Waals surface area contributed by atoms with Crippen LogP contribution in [-0.2, 0) is 15.8 Å². The first kappa shape index (κ1) is 20.4. The summed E-state index contributed by atoms with van der Waals surface area (Å²) in [4.78, 5) is 26.1. The summed E-state index contributed by atoms with van der Waals surface area (Å²) in [6.45, 7) is 3.86. The van der Waals surface area contributed by atoms with Crippen molar-refractivity contribution in [3.05, 3.63) is 41.5 Å². The lowest BCUT2D eigenvalue weighted by molar-refractivity contribution is -0.137. The molecule has 0 spiro atoms. The number of hydrogen-bond donors (Lipinski definition) is 1. The number of thioether (sulfide) groups is 1. The first-order valence-electron chi connectivity index (χ1n) is 8.26. The zero-order valence-corrected chi connectivity index (χ0v) is 15.4. The highest BCUT2D eigenvalue weighted by atomic mass is 32.2. The van der Waals surface area contributed by atoms with Gasteiger partial charge in [-0.2, -0.15) is 13.2 Å². The second-order valence-electron chi connectivity index (χ2n) is 6.09. The minimum atomic E-state index is -4.39. The van der Waals surface area contributed by atoms with Crippen LogP contribution in [0.2, 0.25) is 0 Å². The monoisotopic (exact) mass is 386 g/mol. The molecule has 1 saturated heterocycles. The molecule has 2 amide bonds. The van der Waals surface area contributed by atoms with Gasteiger partial charge in [0.15, 0.2) is 0 Å². The number of rotatable bonds is 5. The minimum Gasteiger partial charge on any atom is -0.352 e. The van der Waals surface area contributed by atoms with Crippen LogP contribution < -0.4 is 5.32 Å². The molecule has 0 aromatic heterocycles. The molecule has 142 valence electrons. The number of nitrogens with zero attached hydrogens (tertiary/aromatic N) is 1. The maximum Gasteiger partial charge on any atom is 0.416 e. The van der Waals surface area contributed by atoms with Crippen molar-refractivity contribution in [1.82, 2.24) is 10.2 Å². The first-order valence-corrected chi connectivity index (χ1v) is 9.42. The van der Waals surface area contributed by atoms with Gasteiger partial charge >= 0.3 is 6.18 Å². The minimum absolute atomic E-state index is 0.0349. The molecular weight excluding hydrogens is 365 g/mol. The third-order valence-corrected chi connectivity index (χ3v) is 5.14. The van der Waals surface area contributed by atoms with Crippen molar-refractivity contribution >= 4 is 29.7 Å². The largest absolute Gasteiger partial charge is 0.416 e. The molecule has 0 bridgehead atoms. The van der Waals surface area contributed by atoms with E-state index in [9.17, 15) is 22.8 Å². The summed E-state index contributed by atoms with van der Waals surface area (Å²) in [6.07, 6.45) is -0.846. The normalized spacial score (nSPS) is 19.0. The van der Waals surface area contributed by atoms with Crippen molar-refractivity contribution in [1.29, 1.82) is 0 Å². The molecular formula is C18H21F3N2O2S. The lowest BCUT2D eigenvalue weighted by Gasteiger charge is -2.23. The molecule has 1 aromatic rings. The maximum absolute atomic E-state index is 12.6. The molecule has 1 N–H and O–H groups in total. The van der Waals surface area contributed by atoms with Crippen LogP contribution in [-0.4, -0.2) is 40.4 Å². The van der Waals surface area contributed by atoms with E-state index in [2.05, 4.69) is 5.32 Å². The fourth-order valence-electron chi connectivity index (χ4n) is 2.36. The second kappa shape index (κ2) is 8.62. The van der Waals surface area contributed by atoms with Gasteiger partial charge < -0.3 is 10.2 Å². The van der Waals surface area contributed by atoms with E-state index in [4.69, 9.17) is 0 Å². The van der Waals surface area contributed by atoms with Gasteiger partial charge in [0.25, 0.3) is 0 Å². The summed E-state index contributed by atoms with van der Waals surface area (Å²) < 4.78 is 37.7. The Kier molecular flexibility index (Phi) is 6.75. The van der Waals surface area contributed by atoms with Crippen LogP contribution in [0.1, 0.15) is 31.4 Å². The van der Waals surface area contributed by atoms with Crippen molar-refractivity contribution in [2.24, 2.45) is 0 Å². The summed E-state index contributed by atoms with van der Waals surface area (Å²) in [5, 5.41) is 2.87. The van der Waals surface area contributed by atoms with Crippen molar-refractivity contribution < 1.29 is 22.8 Å². The fraction of sp³-hybridized carbons (Fsp3) is 0.444. The highest BCUT2D eigenvalue weighted by Gasteiger charge is 2.34. The average Bonchev–Trinajstić information content (AvgIpc) is 3.09. The maximum atomic E-state index is 12.6. The molecule has 1 fully saturated rings. The Morgan fingerprint density at radius 2 is 2.00 bits per heavy atom. The molecule has 0 radical (unpaired) electrons. The number of nitrogens with one attached hydrogen (secondary N) is 1. The van der Waals surface area contributed by atoms with Gasteiger partial charge in [-0.05, 0) is 37.1 Å². The van der Waals surface area contributed by atoms with E-state index in [1.54, 1.807) is 0 Å². The van der Waals surface area contributed by atoms with Crippen LogP contribution in [0.15, 0.2) is 30.3 Å². The van der Waals surface area contributed by atoms with Crippen molar-refractivity contribution in [3.8, 4) is 0 Å². The summed E-state index contributed by atoms with van der Waals surface area (Å²) >= 11 is 1.49. The van der Waals surface area contributed by atoms with Gasteiger partial charge in [-0.3, -0.25) is 9.59 Å². The van der Waals surface area contributed by atoms with Gasteiger partial charge in [-0.1, -0.05) is 19.1 Å². The van der Waals surface area contributed by atoms with Crippen LogP contribution in [0.3, 0.4) is 0 Å². The third kappa shape index (κ3) is 5.27. The molecule has 1 aliphatic rings. The molecule has 8 heteroatoms. The predicted molar refractivity (Wildman–Crippen MR) is 96.3 cm³/mol. The summed E-state index contributed by atoms with van der Waals surface area (Å²) in [5.41, 5.74) is -0.252. The van der Waals surface area contributed by atoms with E-state index in [-0.39, 0.29) is 17.9 Å². The zero-order chi connectivity index (χ0) is 19.3. The number of halogens is 3. The molecule has 1 heterocycles. The van der Waals surface area contributed by atoms with E-state index in [0.717, 1.165) is 18.6 Å². The molecule has 1 aliphatic heterocycles. The van der Waals surface area contributed by atoms with Crippen molar-refractivity contribution in [3.63, 3.8) is 0 Å². The molecule has 26 heavy (non-hydrogen) atoms. The number of alkyl halides is 3. The van der Waals surface area contributed by atoms with Gasteiger partial charge in [-0.15, -0.1) is 11.8 Å². The summed E-state index contributed by atoms with van der Waals surface area (Å²) in [5.74, 6) is 0.427. The molecule has 0 saturated carbocycles. The summed E-state index contributed by atoms with van der Waals surface area (Å²) in [6, 6.07) is 4.06. The fourth-order valence-corrected chi connectivity index (χ4v) is 3.53. The zero-order valence-electron chi connectivity index (χ0n) is 14.5. The SMILES string of the molecule is CCC(C)NC(=O)C1CSCN1C(=O)C=Cc1ccc(C(F)(F)F)cc1. The Bertz CT molecular complexity index is 674. The topological polar surface area (TPSA) is 49.4 Å². The third-order valence-electron chi connectivity index (χ3n) is 4.13. The molecule has 2 atom stereocenters. The van der Waals surface area contributed by atoms with Gasteiger partial charge in [0.05, 0.1) is 11.4 Å². The van der Waals surface area contributed by atoms with Crippen LogP contribution >= 0.6 is 11.8 Å². The highest BCUT2D eigenvalue weighted by Crippen LogP contribution is 2.29. The Hall–Kier alpha value is -1.96. The first-order chi connectivity index (χ1) is 12.2. The van der Waals surface area contributed by atoms with Crippen molar-refractivity contribution in [2.45, 2.75) is 38.5 Å². The second-order valence-corrected chi connectivity index (χ2v) is 7.09.